The summed E-state index contributed by atoms with van der Waals surface area (Å²) in [5.41, 5.74) is 6.19. The maximum absolute atomic E-state index is 13.5. The van der Waals surface area contributed by atoms with Gasteiger partial charge >= 0.3 is 0 Å². The number of halogens is 1. The number of H-pyrrole nitrogens is 1. The van der Waals surface area contributed by atoms with Gasteiger partial charge in [0.2, 0.25) is 5.95 Å². The molecule has 1 fully saturated rings. The molecule has 2 aromatic heterocycles. The van der Waals surface area contributed by atoms with Gasteiger partial charge in [0.05, 0.1) is 25.1 Å². The molecule has 0 bridgehead atoms. The van der Waals surface area contributed by atoms with E-state index in [0.29, 0.717) is 48.9 Å². The number of morpholine rings is 1. The highest BCUT2D eigenvalue weighted by Gasteiger charge is 2.22. The number of hydrogen-bond acceptors (Lipinski definition) is 7. The third kappa shape index (κ3) is 4.24. The second-order valence-corrected chi connectivity index (χ2v) is 7.47. The highest BCUT2D eigenvalue weighted by molar-refractivity contribution is 5.99. The Morgan fingerprint density at radius 1 is 1.12 bits per heavy atom. The zero-order valence-electron chi connectivity index (χ0n) is 17.6. The number of fused-ring (bicyclic) bond motifs is 1. The van der Waals surface area contributed by atoms with E-state index in [9.17, 15) is 9.65 Å². The van der Waals surface area contributed by atoms with Crippen molar-refractivity contribution in [2.45, 2.75) is 0 Å². The van der Waals surface area contributed by atoms with Crippen molar-refractivity contribution in [1.82, 2.24) is 15.0 Å². The van der Waals surface area contributed by atoms with Crippen molar-refractivity contribution in [3.8, 4) is 17.3 Å². The number of benzene rings is 2. The molecule has 2 N–H and O–H groups in total. The van der Waals surface area contributed by atoms with Crippen LogP contribution in [0, 0.1) is 17.1 Å². The molecule has 1 aliphatic heterocycles. The highest BCUT2D eigenvalue weighted by Crippen LogP contribution is 2.30. The average molecular weight is 441 g/mol. The average Bonchev–Trinajstić information content (AvgIpc) is 3.27. The Balaban J connectivity index is 1.52. The van der Waals surface area contributed by atoms with Crippen molar-refractivity contribution in [3.05, 3.63) is 71.7 Å². The van der Waals surface area contributed by atoms with E-state index in [1.54, 1.807) is 18.3 Å². The van der Waals surface area contributed by atoms with Gasteiger partial charge in [-0.2, -0.15) is 15.3 Å². The van der Waals surface area contributed by atoms with E-state index < -0.39 is 0 Å². The first-order valence-electron chi connectivity index (χ1n) is 10.5. The lowest BCUT2D eigenvalue weighted by molar-refractivity contribution is 0.122. The van der Waals surface area contributed by atoms with Crippen LogP contribution in [0.3, 0.4) is 0 Å². The molecule has 33 heavy (non-hydrogen) atoms. The first kappa shape index (κ1) is 20.6. The Kier molecular flexibility index (Phi) is 5.66. The van der Waals surface area contributed by atoms with Crippen LogP contribution in [0.25, 0.3) is 22.2 Å². The lowest BCUT2D eigenvalue weighted by atomic mass is 10.1. The van der Waals surface area contributed by atoms with Gasteiger partial charge in [-0.1, -0.05) is 18.2 Å². The second-order valence-electron chi connectivity index (χ2n) is 7.47. The maximum atomic E-state index is 13.5. The van der Waals surface area contributed by atoms with Crippen molar-refractivity contribution in [3.63, 3.8) is 0 Å². The minimum absolute atomic E-state index is 0.242. The molecule has 0 saturated carbocycles. The third-order valence-electron chi connectivity index (χ3n) is 5.42. The molecule has 2 aromatic carbocycles. The van der Waals surface area contributed by atoms with Crippen LogP contribution in [0.4, 0.5) is 16.2 Å². The molecule has 8 nitrogen and oxygen atoms in total. The Morgan fingerprint density at radius 2 is 1.91 bits per heavy atom. The summed E-state index contributed by atoms with van der Waals surface area (Å²) < 4.78 is 18.9. The topological polar surface area (TPSA) is 102 Å². The number of nitriles is 1. The predicted octanol–water partition coefficient (Wildman–Crippen LogP) is 3.92. The van der Waals surface area contributed by atoms with Crippen LogP contribution in [0.5, 0.6) is 0 Å². The molecule has 0 unspecified atom stereocenters. The first-order valence-corrected chi connectivity index (χ1v) is 10.5. The van der Waals surface area contributed by atoms with E-state index >= 15 is 0 Å². The minimum Gasteiger partial charge on any atom is -0.378 e. The van der Waals surface area contributed by atoms with Crippen molar-refractivity contribution < 1.29 is 9.13 Å². The van der Waals surface area contributed by atoms with Crippen molar-refractivity contribution in [1.29, 1.82) is 5.26 Å². The van der Waals surface area contributed by atoms with Gasteiger partial charge in [-0.05, 0) is 30.3 Å². The van der Waals surface area contributed by atoms with Gasteiger partial charge in [-0.15, -0.1) is 0 Å². The Labute approximate surface area is 189 Å². The second kappa shape index (κ2) is 9.06. The number of rotatable bonds is 5. The maximum Gasteiger partial charge on any atom is 0.246 e. The minimum atomic E-state index is -0.360. The Bertz CT molecular complexity index is 1350. The first-order chi connectivity index (χ1) is 16.2. The number of anilines is 2. The fourth-order valence-electron chi connectivity index (χ4n) is 3.78. The fourth-order valence-corrected chi connectivity index (χ4v) is 3.78. The van der Waals surface area contributed by atoms with Crippen molar-refractivity contribution >= 4 is 28.9 Å². The lowest BCUT2D eigenvalue weighted by Gasteiger charge is -2.29. The quantitative estimate of drug-likeness (QED) is 0.360. The summed E-state index contributed by atoms with van der Waals surface area (Å²) in [5, 5.41) is 15.3. The van der Waals surface area contributed by atoms with E-state index in [1.165, 1.54) is 12.1 Å². The molecule has 4 aromatic rings. The Hall–Kier alpha value is -4.29. The molecule has 0 aliphatic carbocycles. The van der Waals surface area contributed by atoms with Gasteiger partial charge in [0.15, 0.2) is 5.82 Å². The van der Waals surface area contributed by atoms with E-state index in [0.717, 1.165) is 16.5 Å². The molecular weight excluding hydrogens is 421 g/mol. The molecule has 0 radical (unpaired) electrons. The third-order valence-corrected chi connectivity index (χ3v) is 5.42. The number of nitrogens with zero attached hydrogens (tertiary/aromatic N) is 5. The standard InChI is InChI=1S/C24H20FN7O/c25-18-7-5-16(6-8-18)22-20(13-26)23(32-9-11-33-12-10-32)30-24(29-22)31-28-15-17-14-27-21-4-2-1-3-19(17)21/h1-8,14-15,27H,9-12H2,(H,29,30,31)/b28-15+. The normalized spacial score (nSPS) is 14.0. The van der Waals surface area contributed by atoms with Crippen molar-refractivity contribution in [2.24, 2.45) is 5.10 Å². The summed E-state index contributed by atoms with van der Waals surface area (Å²) in [6, 6.07) is 16.0. The van der Waals surface area contributed by atoms with Crippen LogP contribution in [0.1, 0.15) is 11.1 Å². The molecule has 164 valence electrons. The molecule has 9 heteroatoms. The number of hydrogen-bond donors (Lipinski definition) is 2. The van der Waals surface area contributed by atoms with E-state index in [2.05, 4.69) is 31.5 Å². The molecule has 0 atom stereocenters. The SMILES string of the molecule is N#Cc1c(-c2ccc(F)cc2)nc(N/N=C/c2c[nH]c3ccccc23)nc1N1CCOCC1. The monoisotopic (exact) mass is 441 g/mol. The number of para-hydroxylation sites is 1. The zero-order valence-corrected chi connectivity index (χ0v) is 17.6. The summed E-state index contributed by atoms with van der Waals surface area (Å²) in [4.78, 5) is 14.3. The van der Waals surface area contributed by atoms with Crippen LogP contribution in [0.2, 0.25) is 0 Å². The van der Waals surface area contributed by atoms with Crippen LogP contribution < -0.4 is 10.3 Å². The van der Waals surface area contributed by atoms with Gasteiger partial charge in [0, 0.05) is 41.3 Å². The molecule has 0 spiro atoms. The molecule has 0 amide bonds. The lowest BCUT2D eigenvalue weighted by Crippen LogP contribution is -2.37. The molecule has 5 rings (SSSR count). The number of nitrogens with one attached hydrogen (secondary N) is 2. The summed E-state index contributed by atoms with van der Waals surface area (Å²) in [5.74, 6) is 0.382. The van der Waals surface area contributed by atoms with Crippen LogP contribution >= 0.6 is 0 Å². The molecule has 1 saturated heterocycles. The van der Waals surface area contributed by atoms with Crippen LogP contribution in [-0.2, 0) is 4.74 Å². The largest absolute Gasteiger partial charge is 0.378 e. The fraction of sp³-hybridized carbons (Fsp3) is 0.167. The smallest absolute Gasteiger partial charge is 0.246 e. The van der Waals surface area contributed by atoms with Gasteiger partial charge in [0.1, 0.15) is 17.4 Å². The number of aromatic amines is 1. The molecule has 1 aliphatic rings. The Morgan fingerprint density at radius 3 is 2.70 bits per heavy atom. The van der Waals surface area contributed by atoms with E-state index in [-0.39, 0.29) is 11.8 Å². The summed E-state index contributed by atoms with van der Waals surface area (Å²) in [6.07, 6.45) is 3.56. The van der Waals surface area contributed by atoms with E-state index in [4.69, 9.17) is 4.74 Å². The van der Waals surface area contributed by atoms with E-state index in [1.807, 2.05) is 35.4 Å². The number of ether oxygens (including phenoxy) is 1. The van der Waals surface area contributed by atoms with Gasteiger partial charge < -0.3 is 14.6 Å². The van der Waals surface area contributed by atoms with Crippen LogP contribution in [0.15, 0.2) is 59.8 Å². The molecule has 3 heterocycles. The zero-order chi connectivity index (χ0) is 22.6. The summed E-state index contributed by atoms with van der Waals surface area (Å²) >= 11 is 0. The summed E-state index contributed by atoms with van der Waals surface area (Å²) in [7, 11) is 0. The van der Waals surface area contributed by atoms with Gasteiger partial charge in [-0.25, -0.2) is 14.8 Å². The highest BCUT2D eigenvalue weighted by atomic mass is 19.1. The van der Waals surface area contributed by atoms with Crippen molar-refractivity contribution in [2.75, 3.05) is 36.6 Å². The number of aromatic nitrogens is 3. The summed E-state index contributed by atoms with van der Waals surface area (Å²) in [6.45, 7) is 2.30. The molecular formula is C24H20FN7O. The number of hydrazone groups is 1. The van der Waals surface area contributed by atoms with Gasteiger partial charge in [0.25, 0.3) is 0 Å². The van der Waals surface area contributed by atoms with Gasteiger partial charge in [-0.3, -0.25) is 0 Å². The predicted molar refractivity (Wildman–Crippen MR) is 125 cm³/mol. The van der Waals surface area contributed by atoms with Crippen LogP contribution in [-0.4, -0.2) is 47.5 Å².